The van der Waals surface area contributed by atoms with Crippen molar-refractivity contribution in [2.75, 3.05) is 13.1 Å². The van der Waals surface area contributed by atoms with Crippen LogP contribution in [0.5, 0.6) is 0 Å². The maximum absolute atomic E-state index is 11.5. The Morgan fingerprint density at radius 2 is 2.00 bits per heavy atom. The van der Waals surface area contributed by atoms with Crippen LogP contribution in [0, 0.1) is 0 Å². The summed E-state index contributed by atoms with van der Waals surface area (Å²) < 4.78 is 0. The van der Waals surface area contributed by atoms with Crippen molar-refractivity contribution in [3.05, 3.63) is 30.1 Å². The first-order valence-corrected chi connectivity index (χ1v) is 6.60. The van der Waals surface area contributed by atoms with Gasteiger partial charge in [-0.05, 0) is 12.1 Å². The number of nitrogens with one attached hydrogen (secondary N) is 3. The van der Waals surface area contributed by atoms with E-state index < -0.39 is 0 Å². The van der Waals surface area contributed by atoms with Gasteiger partial charge in [0.15, 0.2) is 0 Å². The highest BCUT2D eigenvalue weighted by Gasteiger charge is 2.04. The Morgan fingerprint density at radius 3 is 2.75 bits per heavy atom. The summed E-state index contributed by atoms with van der Waals surface area (Å²) in [5.74, 6) is 0.656. The molecule has 0 aliphatic heterocycles. The molecule has 0 radical (unpaired) electrons. The summed E-state index contributed by atoms with van der Waals surface area (Å²) >= 11 is 0. The molecule has 0 saturated carbocycles. The Balaban J connectivity index is 1.72. The number of nitrogens with zero attached hydrogens (tertiary/aromatic N) is 1. The highest BCUT2D eigenvalue weighted by Crippen LogP contribution is 2.10. The third kappa shape index (κ3) is 4.08. The van der Waals surface area contributed by atoms with E-state index in [0.717, 1.165) is 16.9 Å². The Morgan fingerprint density at radius 1 is 1.20 bits per heavy atom. The van der Waals surface area contributed by atoms with E-state index in [9.17, 15) is 9.59 Å². The minimum absolute atomic E-state index is 0.0742. The highest BCUT2D eigenvalue weighted by atomic mass is 16.2. The molecule has 0 fully saturated rings. The van der Waals surface area contributed by atoms with E-state index in [4.69, 9.17) is 0 Å². The van der Waals surface area contributed by atoms with Gasteiger partial charge in [-0.2, -0.15) is 0 Å². The monoisotopic (exact) mass is 274 g/mol. The van der Waals surface area contributed by atoms with Crippen LogP contribution in [0.15, 0.2) is 24.3 Å². The van der Waals surface area contributed by atoms with Crippen LogP contribution in [0.4, 0.5) is 0 Å². The summed E-state index contributed by atoms with van der Waals surface area (Å²) in [4.78, 5) is 29.8. The number of aromatic amines is 1. The fourth-order valence-electron chi connectivity index (χ4n) is 1.88. The molecule has 0 spiro atoms. The van der Waals surface area contributed by atoms with Gasteiger partial charge in [0.25, 0.3) is 0 Å². The number of H-pyrrole nitrogens is 1. The molecule has 3 N–H and O–H groups in total. The molecule has 6 heteroatoms. The van der Waals surface area contributed by atoms with Crippen LogP contribution in [0.25, 0.3) is 11.0 Å². The van der Waals surface area contributed by atoms with Gasteiger partial charge in [-0.3, -0.25) is 9.59 Å². The average Bonchev–Trinajstić information content (AvgIpc) is 2.80. The van der Waals surface area contributed by atoms with Gasteiger partial charge in [0.2, 0.25) is 11.8 Å². The lowest BCUT2D eigenvalue weighted by Crippen LogP contribution is -2.30. The van der Waals surface area contributed by atoms with Gasteiger partial charge < -0.3 is 15.6 Å². The summed E-state index contributed by atoms with van der Waals surface area (Å²) in [6.07, 6.45) is 0.945. The lowest BCUT2D eigenvalue weighted by atomic mass is 10.3. The smallest absolute Gasteiger partial charge is 0.221 e. The number of hydrogen-bond acceptors (Lipinski definition) is 3. The fraction of sp³-hybridized carbons (Fsp3) is 0.357. The minimum atomic E-state index is -0.125. The normalized spacial score (nSPS) is 10.4. The lowest BCUT2D eigenvalue weighted by Gasteiger charge is -2.04. The van der Waals surface area contributed by atoms with Gasteiger partial charge in [0, 0.05) is 32.9 Å². The molecule has 0 aliphatic rings. The molecule has 0 bridgehead atoms. The molecule has 0 saturated heterocycles. The number of amides is 2. The number of hydrogen-bond donors (Lipinski definition) is 3. The van der Waals surface area contributed by atoms with Crippen LogP contribution in [0.2, 0.25) is 0 Å². The fourth-order valence-corrected chi connectivity index (χ4v) is 1.88. The molecule has 6 nitrogen and oxygen atoms in total. The summed E-state index contributed by atoms with van der Waals surface area (Å²) in [7, 11) is 0. The Kier molecular flexibility index (Phi) is 4.70. The van der Waals surface area contributed by atoms with Crippen LogP contribution < -0.4 is 10.6 Å². The molecule has 2 rings (SSSR count). The predicted molar refractivity (Wildman–Crippen MR) is 76.1 cm³/mol. The van der Waals surface area contributed by atoms with E-state index in [1.165, 1.54) is 6.92 Å². The van der Waals surface area contributed by atoms with Crippen LogP contribution in [0.1, 0.15) is 19.2 Å². The number of para-hydroxylation sites is 2. The SMILES string of the molecule is CC(=O)NCCC(=O)NCCc1nc2ccccc2[nH]1. The molecular formula is C14H18N4O2. The van der Waals surface area contributed by atoms with Crippen LogP contribution in [-0.2, 0) is 16.0 Å². The number of rotatable bonds is 6. The van der Waals surface area contributed by atoms with Crippen molar-refractivity contribution in [1.29, 1.82) is 0 Å². The van der Waals surface area contributed by atoms with Gasteiger partial charge in [0.1, 0.15) is 5.82 Å². The van der Waals surface area contributed by atoms with Crippen molar-refractivity contribution in [1.82, 2.24) is 20.6 Å². The van der Waals surface area contributed by atoms with E-state index >= 15 is 0 Å². The van der Waals surface area contributed by atoms with Crippen molar-refractivity contribution < 1.29 is 9.59 Å². The molecule has 2 amide bonds. The highest BCUT2D eigenvalue weighted by molar-refractivity contribution is 5.78. The first-order chi connectivity index (χ1) is 9.65. The Bertz CT molecular complexity index is 573. The molecule has 0 aliphatic carbocycles. The second-order valence-electron chi connectivity index (χ2n) is 4.53. The Hall–Kier alpha value is -2.37. The summed E-state index contributed by atoms with van der Waals surface area (Å²) in [5.41, 5.74) is 1.93. The standard InChI is InChI=1S/C14H18N4O2/c1-10(19)15-9-7-14(20)16-8-6-13-17-11-4-2-3-5-12(11)18-13/h2-5H,6-9H2,1H3,(H,15,19)(H,16,20)(H,17,18). The first-order valence-electron chi connectivity index (χ1n) is 6.60. The second kappa shape index (κ2) is 6.70. The van der Waals surface area contributed by atoms with Crippen LogP contribution in [-0.4, -0.2) is 34.9 Å². The zero-order valence-corrected chi connectivity index (χ0v) is 11.4. The molecule has 1 aromatic heterocycles. The largest absolute Gasteiger partial charge is 0.356 e. The maximum Gasteiger partial charge on any atom is 0.221 e. The molecule has 0 unspecified atom stereocenters. The predicted octanol–water partition coefficient (Wildman–Crippen LogP) is 0.748. The van der Waals surface area contributed by atoms with Gasteiger partial charge in [-0.1, -0.05) is 12.1 Å². The van der Waals surface area contributed by atoms with Crippen LogP contribution in [0.3, 0.4) is 0 Å². The molecule has 0 atom stereocenters. The van der Waals surface area contributed by atoms with E-state index in [0.29, 0.717) is 25.9 Å². The van der Waals surface area contributed by atoms with Crippen molar-refractivity contribution in [2.24, 2.45) is 0 Å². The van der Waals surface area contributed by atoms with E-state index in [2.05, 4.69) is 20.6 Å². The van der Waals surface area contributed by atoms with E-state index in [-0.39, 0.29) is 11.8 Å². The van der Waals surface area contributed by atoms with Gasteiger partial charge in [-0.25, -0.2) is 4.98 Å². The number of imidazole rings is 1. The summed E-state index contributed by atoms with van der Waals surface area (Å²) in [5, 5.41) is 5.38. The van der Waals surface area contributed by atoms with Crippen molar-refractivity contribution in [3.63, 3.8) is 0 Å². The first kappa shape index (κ1) is 14.0. The summed E-state index contributed by atoms with van der Waals surface area (Å²) in [6.45, 7) is 2.32. The quantitative estimate of drug-likeness (QED) is 0.726. The molecule has 1 aromatic carbocycles. The Labute approximate surface area is 117 Å². The molecule has 20 heavy (non-hydrogen) atoms. The number of benzene rings is 1. The molecule has 106 valence electrons. The summed E-state index contributed by atoms with van der Waals surface area (Å²) in [6, 6.07) is 7.81. The molecular weight excluding hydrogens is 256 g/mol. The second-order valence-corrected chi connectivity index (χ2v) is 4.53. The van der Waals surface area contributed by atoms with Gasteiger partial charge >= 0.3 is 0 Å². The maximum atomic E-state index is 11.5. The number of carbonyl (C=O) groups is 2. The van der Waals surface area contributed by atoms with Crippen LogP contribution >= 0.6 is 0 Å². The average molecular weight is 274 g/mol. The van der Waals surface area contributed by atoms with Gasteiger partial charge in [0.05, 0.1) is 11.0 Å². The van der Waals surface area contributed by atoms with Crippen molar-refractivity contribution >= 4 is 22.8 Å². The number of fused-ring (bicyclic) bond motifs is 1. The van der Waals surface area contributed by atoms with E-state index in [1.54, 1.807) is 0 Å². The van der Waals surface area contributed by atoms with E-state index in [1.807, 2.05) is 24.3 Å². The number of carbonyl (C=O) groups excluding carboxylic acids is 2. The number of aromatic nitrogens is 2. The van der Waals surface area contributed by atoms with Gasteiger partial charge in [-0.15, -0.1) is 0 Å². The molecule has 1 heterocycles. The molecule has 2 aromatic rings. The zero-order valence-electron chi connectivity index (χ0n) is 11.4. The zero-order chi connectivity index (χ0) is 14.4. The third-order valence-electron chi connectivity index (χ3n) is 2.85. The lowest BCUT2D eigenvalue weighted by molar-refractivity contribution is -0.121. The van der Waals surface area contributed by atoms with Crippen molar-refractivity contribution in [3.8, 4) is 0 Å². The topological polar surface area (TPSA) is 86.9 Å². The minimum Gasteiger partial charge on any atom is -0.356 e. The third-order valence-corrected chi connectivity index (χ3v) is 2.85. The van der Waals surface area contributed by atoms with Crippen molar-refractivity contribution in [2.45, 2.75) is 19.8 Å².